The van der Waals surface area contributed by atoms with Crippen molar-refractivity contribution in [2.75, 3.05) is 12.3 Å². The predicted octanol–water partition coefficient (Wildman–Crippen LogP) is 0.677. The molecule has 5 nitrogen and oxygen atoms in total. The summed E-state index contributed by atoms with van der Waals surface area (Å²) in [5.74, 6) is 0.998. The van der Waals surface area contributed by atoms with E-state index in [0.29, 0.717) is 6.54 Å². The second kappa shape index (κ2) is 4.75. The summed E-state index contributed by atoms with van der Waals surface area (Å²) in [6.07, 6.45) is 1.07. The lowest BCUT2D eigenvalue weighted by Crippen LogP contribution is -2.24. The molecule has 80 valence electrons. The first kappa shape index (κ1) is 11.5. The maximum atomic E-state index is 5.64. The molecule has 1 rings (SSSR count). The summed E-state index contributed by atoms with van der Waals surface area (Å²) in [6.45, 7) is 5.05. The number of nitrogens with zero attached hydrogens (tertiary/aromatic N) is 4. The van der Waals surface area contributed by atoms with Crippen LogP contribution in [-0.4, -0.2) is 32.5 Å². The first-order chi connectivity index (χ1) is 6.55. The van der Waals surface area contributed by atoms with E-state index in [-0.39, 0.29) is 5.41 Å². The Bertz CT molecular complexity index is 283. The van der Waals surface area contributed by atoms with Gasteiger partial charge in [-0.15, -0.1) is 5.10 Å². The van der Waals surface area contributed by atoms with Crippen molar-refractivity contribution >= 4 is 11.8 Å². The van der Waals surface area contributed by atoms with Crippen LogP contribution in [0, 0.1) is 5.41 Å². The van der Waals surface area contributed by atoms with Gasteiger partial charge in [0.2, 0.25) is 5.16 Å². The van der Waals surface area contributed by atoms with Gasteiger partial charge >= 0.3 is 0 Å². The van der Waals surface area contributed by atoms with Crippen LogP contribution in [0.5, 0.6) is 0 Å². The summed E-state index contributed by atoms with van der Waals surface area (Å²) in [4.78, 5) is 0. The maximum absolute atomic E-state index is 5.64. The number of hydrogen-bond donors (Lipinski definition) is 1. The maximum Gasteiger partial charge on any atom is 0.209 e. The summed E-state index contributed by atoms with van der Waals surface area (Å²) >= 11 is 1.67. The van der Waals surface area contributed by atoms with E-state index in [9.17, 15) is 0 Å². The molecule has 0 amide bonds. The topological polar surface area (TPSA) is 69.6 Å². The van der Waals surface area contributed by atoms with Gasteiger partial charge in [0.05, 0.1) is 0 Å². The van der Waals surface area contributed by atoms with E-state index in [1.807, 2.05) is 7.05 Å². The summed E-state index contributed by atoms with van der Waals surface area (Å²) in [7, 11) is 1.84. The lowest BCUT2D eigenvalue weighted by Gasteiger charge is -2.21. The minimum absolute atomic E-state index is 0.207. The van der Waals surface area contributed by atoms with Crippen molar-refractivity contribution in [1.82, 2.24) is 20.2 Å². The number of aromatic nitrogens is 4. The number of rotatable bonds is 5. The molecule has 0 aliphatic rings. The molecule has 6 heteroatoms. The fraction of sp³-hybridized carbons (Fsp3) is 0.875. The molecule has 0 fully saturated rings. The van der Waals surface area contributed by atoms with Crippen molar-refractivity contribution < 1.29 is 0 Å². The Labute approximate surface area is 88.4 Å². The Balaban J connectivity index is 2.32. The van der Waals surface area contributed by atoms with Crippen LogP contribution in [0.3, 0.4) is 0 Å². The number of thioether (sulfide) groups is 1. The fourth-order valence-electron chi connectivity index (χ4n) is 0.864. The third-order valence-corrected chi connectivity index (χ3v) is 3.16. The van der Waals surface area contributed by atoms with Gasteiger partial charge in [0.25, 0.3) is 0 Å². The molecule has 1 aromatic heterocycles. The monoisotopic (exact) mass is 215 g/mol. The average molecular weight is 215 g/mol. The van der Waals surface area contributed by atoms with Crippen LogP contribution in [0.1, 0.15) is 20.3 Å². The molecular weight excluding hydrogens is 198 g/mol. The molecule has 0 spiro atoms. The Kier molecular flexibility index (Phi) is 3.88. The first-order valence-electron chi connectivity index (χ1n) is 4.60. The van der Waals surface area contributed by atoms with Gasteiger partial charge in [-0.2, -0.15) is 0 Å². The molecule has 0 unspecified atom stereocenters. The zero-order chi connectivity index (χ0) is 10.6. The second-order valence-corrected chi connectivity index (χ2v) is 5.11. The van der Waals surface area contributed by atoms with Crippen LogP contribution >= 0.6 is 11.8 Å². The van der Waals surface area contributed by atoms with Crippen molar-refractivity contribution in [3.8, 4) is 0 Å². The van der Waals surface area contributed by atoms with Gasteiger partial charge in [-0.25, -0.2) is 4.68 Å². The Morgan fingerprint density at radius 1 is 1.50 bits per heavy atom. The van der Waals surface area contributed by atoms with E-state index in [1.165, 1.54) is 0 Å². The molecule has 2 N–H and O–H groups in total. The van der Waals surface area contributed by atoms with E-state index in [0.717, 1.165) is 17.3 Å². The Morgan fingerprint density at radius 3 is 2.71 bits per heavy atom. The zero-order valence-electron chi connectivity index (χ0n) is 8.90. The SMILES string of the molecule is Cn1nnnc1SCCC(C)(C)CN. The van der Waals surface area contributed by atoms with Gasteiger partial charge in [-0.05, 0) is 28.8 Å². The Hall–Kier alpha value is -0.620. The van der Waals surface area contributed by atoms with Gasteiger partial charge < -0.3 is 5.73 Å². The minimum atomic E-state index is 0.207. The van der Waals surface area contributed by atoms with E-state index < -0.39 is 0 Å². The highest BCUT2D eigenvalue weighted by Gasteiger charge is 2.15. The van der Waals surface area contributed by atoms with Crippen molar-refractivity contribution in [2.24, 2.45) is 18.2 Å². The van der Waals surface area contributed by atoms with E-state index in [1.54, 1.807) is 16.4 Å². The highest BCUT2D eigenvalue weighted by molar-refractivity contribution is 7.99. The molecule has 1 aromatic rings. The van der Waals surface area contributed by atoms with E-state index >= 15 is 0 Å². The van der Waals surface area contributed by atoms with Crippen LogP contribution in [0.15, 0.2) is 5.16 Å². The van der Waals surface area contributed by atoms with Gasteiger partial charge in [-0.1, -0.05) is 25.6 Å². The quantitative estimate of drug-likeness (QED) is 0.731. The predicted molar refractivity (Wildman–Crippen MR) is 57.0 cm³/mol. The normalized spacial score (nSPS) is 12.0. The molecule has 0 aromatic carbocycles. The second-order valence-electron chi connectivity index (χ2n) is 4.05. The fourth-order valence-corrected chi connectivity index (χ4v) is 2.02. The third-order valence-electron chi connectivity index (χ3n) is 2.14. The summed E-state index contributed by atoms with van der Waals surface area (Å²) < 4.78 is 1.68. The van der Waals surface area contributed by atoms with E-state index in [4.69, 9.17) is 5.73 Å². The summed E-state index contributed by atoms with van der Waals surface area (Å²) in [5.41, 5.74) is 5.85. The summed E-state index contributed by atoms with van der Waals surface area (Å²) in [6, 6.07) is 0. The Morgan fingerprint density at radius 2 is 2.21 bits per heavy atom. The molecule has 14 heavy (non-hydrogen) atoms. The minimum Gasteiger partial charge on any atom is -0.330 e. The highest BCUT2D eigenvalue weighted by atomic mass is 32.2. The molecule has 0 radical (unpaired) electrons. The van der Waals surface area contributed by atoms with Crippen LogP contribution in [0.2, 0.25) is 0 Å². The van der Waals surface area contributed by atoms with Crippen molar-refractivity contribution in [3.05, 3.63) is 0 Å². The molecule has 0 atom stereocenters. The van der Waals surface area contributed by atoms with E-state index in [2.05, 4.69) is 29.4 Å². The van der Waals surface area contributed by atoms with Crippen molar-refractivity contribution in [1.29, 1.82) is 0 Å². The molecule has 0 aliphatic carbocycles. The number of tetrazole rings is 1. The molecule has 0 saturated carbocycles. The van der Waals surface area contributed by atoms with Gasteiger partial charge in [0, 0.05) is 12.8 Å². The van der Waals surface area contributed by atoms with Gasteiger partial charge in [0.1, 0.15) is 0 Å². The van der Waals surface area contributed by atoms with Gasteiger partial charge in [0.15, 0.2) is 0 Å². The van der Waals surface area contributed by atoms with Crippen LogP contribution in [0.4, 0.5) is 0 Å². The first-order valence-corrected chi connectivity index (χ1v) is 5.59. The van der Waals surface area contributed by atoms with Crippen molar-refractivity contribution in [3.63, 3.8) is 0 Å². The highest BCUT2D eigenvalue weighted by Crippen LogP contribution is 2.23. The lowest BCUT2D eigenvalue weighted by atomic mass is 9.91. The number of aryl methyl sites for hydroxylation is 1. The number of nitrogens with two attached hydrogens (primary N) is 1. The standard InChI is InChI=1S/C8H17N5S/c1-8(2,6-9)4-5-14-7-10-11-12-13(7)3/h4-6,9H2,1-3H3. The average Bonchev–Trinajstić information content (AvgIpc) is 2.52. The smallest absolute Gasteiger partial charge is 0.209 e. The molecule has 0 saturated heterocycles. The molecular formula is C8H17N5S. The molecule has 0 bridgehead atoms. The largest absolute Gasteiger partial charge is 0.330 e. The third kappa shape index (κ3) is 3.26. The summed E-state index contributed by atoms with van der Waals surface area (Å²) in [5, 5.41) is 12.1. The van der Waals surface area contributed by atoms with Crippen LogP contribution < -0.4 is 5.73 Å². The molecule has 0 aliphatic heterocycles. The van der Waals surface area contributed by atoms with Crippen LogP contribution in [-0.2, 0) is 7.05 Å². The molecule has 1 heterocycles. The van der Waals surface area contributed by atoms with Crippen LogP contribution in [0.25, 0.3) is 0 Å². The van der Waals surface area contributed by atoms with Gasteiger partial charge in [-0.3, -0.25) is 0 Å². The van der Waals surface area contributed by atoms with Crippen molar-refractivity contribution in [2.45, 2.75) is 25.4 Å². The lowest BCUT2D eigenvalue weighted by molar-refractivity contribution is 0.368. The zero-order valence-corrected chi connectivity index (χ0v) is 9.71. The number of hydrogen-bond acceptors (Lipinski definition) is 5.